The largest absolute Gasteiger partial charge is 0.379 e. The molecule has 0 spiro atoms. The first-order chi connectivity index (χ1) is 11.5. The number of H-pyrrole nitrogens is 1. The summed E-state index contributed by atoms with van der Waals surface area (Å²) in [5, 5.41) is 13.1. The molecular formula is C19H23N3O2. The topological polar surface area (TPSA) is 77.9 Å². The molecule has 1 amide bonds. The summed E-state index contributed by atoms with van der Waals surface area (Å²) in [6, 6.07) is 9.83. The molecule has 0 saturated carbocycles. The van der Waals surface area contributed by atoms with Crippen molar-refractivity contribution in [1.82, 2.24) is 10.3 Å². The van der Waals surface area contributed by atoms with E-state index in [0.29, 0.717) is 13.2 Å². The van der Waals surface area contributed by atoms with E-state index in [1.54, 1.807) is 6.08 Å². The number of fused-ring (bicyclic) bond motifs is 1. The minimum Gasteiger partial charge on any atom is -0.379 e. The van der Waals surface area contributed by atoms with Gasteiger partial charge in [0.25, 0.3) is 5.91 Å². The fourth-order valence-corrected chi connectivity index (χ4v) is 2.47. The Morgan fingerprint density at radius 3 is 2.88 bits per heavy atom. The number of ether oxygens (including phenoxy) is 1. The van der Waals surface area contributed by atoms with Crippen molar-refractivity contribution in [2.45, 2.75) is 33.3 Å². The Labute approximate surface area is 142 Å². The predicted octanol–water partition coefficient (Wildman–Crippen LogP) is 3.31. The van der Waals surface area contributed by atoms with Crippen LogP contribution in [-0.4, -0.2) is 30.1 Å². The van der Waals surface area contributed by atoms with Crippen molar-refractivity contribution < 1.29 is 9.53 Å². The first-order valence-corrected chi connectivity index (χ1v) is 8.12. The normalized spacial score (nSPS) is 11.7. The summed E-state index contributed by atoms with van der Waals surface area (Å²) in [4.78, 5) is 15.5. The third-order valence-corrected chi connectivity index (χ3v) is 3.66. The fourth-order valence-electron chi connectivity index (χ4n) is 2.47. The molecular weight excluding hydrogens is 302 g/mol. The predicted molar refractivity (Wildman–Crippen MR) is 95.3 cm³/mol. The summed E-state index contributed by atoms with van der Waals surface area (Å²) in [7, 11) is 0. The molecule has 0 fully saturated rings. The number of nitriles is 1. The second kappa shape index (κ2) is 8.32. The molecule has 0 radical (unpaired) electrons. The molecule has 2 aromatic rings. The molecule has 0 unspecified atom stereocenters. The summed E-state index contributed by atoms with van der Waals surface area (Å²) in [5.74, 6) is -0.355. The molecule has 0 aliphatic carbocycles. The number of aromatic amines is 1. The van der Waals surface area contributed by atoms with Gasteiger partial charge in [-0.25, -0.2) is 0 Å². The van der Waals surface area contributed by atoms with Gasteiger partial charge in [-0.15, -0.1) is 0 Å². The van der Waals surface area contributed by atoms with Crippen molar-refractivity contribution in [2.24, 2.45) is 0 Å². The number of para-hydroxylation sites is 1. The average molecular weight is 325 g/mol. The molecule has 5 nitrogen and oxygen atoms in total. The molecule has 0 atom stereocenters. The van der Waals surface area contributed by atoms with Crippen molar-refractivity contribution in [1.29, 1.82) is 5.26 Å². The first kappa shape index (κ1) is 17.8. The Balaban J connectivity index is 2.07. The Kier molecular flexibility index (Phi) is 6.16. The van der Waals surface area contributed by atoms with Crippen LogP contribution in [0.15, 0.2) is 29.8 Å². The van der Waals surface area contributed by atoms with E-state index in [0.717, 1.165) is 28.6 Å². The van der Waals surface area contributed by atoms with Crippen molar-refractivity contribution in [3.05, 3.63) is 41.1 Å². The van der Waals surface area contributed by atoms with Crippen LogP contribution in [0.5, 0.6) is 0 Å². The molecule has 126 valence electrons. The zero-order valence-corrected chi connectivity index (χ0v) is 14.3. The maximum atomic E-state index is 12.2. The number of rotatable bonds is 7. The highest BCUT2D eigenvalue weighted by molar-refractivity contribution is 6.04. The highest BCUT2D eigenvalue weighted by Gasteiger charge is 2.12. The van der Waals surface area contributed by atoms with E-state index in [1.165, 1.54) is 0 Å². The molecule has 5 heteroatoms. The van der Waals surface area contributed by atoms with Crippen molar-refractivity contribution in [2.75, 3.05) is 13.2 Å². The van der Waals surface area contributed by atoms with Crippen molar-refractivity contribution in [3.63, 3.8) is 0 Å². The number of hydrogen-bond donors (Lipinski definition) is 2. The second-order valence-electron chi connectivity index (χ2n) is 5.91. The Hall–Kier alpha value is -2.58. The molecule has 0 bridgehead atoms. The molecule has 0 aliphatic heterocycles. The van der Waals surface area contributed by atoms with Crippen molar-refractivity contribution >= 4 is 22.9 Å². The SMILES string of the molecule is Cc1[nH]c2ccccc2c1/C=C(/C#N)C(=O)NCCCOC(C)C. The average Bonchev–Trinajstić information content (AvgIpc) is 2.87. The van der Waals surface area contributed by atoms with Gasteiger partial charge in [0.2, 0.25) is 0 Å². The van der Waals surface area contributed by atoms with E-state index in [9.17, 15) is 10.1 Å². The maximum absolute atomic E-state index is 12.2. The Morgan fingerprint density at radius 1 is 1.42 bits per heavy atom. The molecule has 2 N–H and O–H groups in total. The number of nitrogens with zero attached hydrogens (tertiary/aromatic N) is 1. The quantitative estimate of drug-likeness (QED) is 0.466. The maximum Gasteiger partial charge on any atom is 0.261 e. The molecule has 1 heterocycles. The number of nitrogens with one attached hydrogen (secondary N) is 2. The lowest BCUT2D eigenvalue weighted by Crippen LogP contribution is -2.26. The standard InChI is InChI=1S/C19H23N3O2/c1-13(2)24-10-6-9-21-19(23)15(12-20)11-17-14(3)22-18-8-5-4-7-16(17)18/h4-5,7-8,11,13,22H,6,9-10H2,1-3H3,(H,21,23)/b15-11-. The van der Waals surface area contributed by atoms with Gasteiger partial charge in [-0.05, 0) is 39.3 Å². The van der Waals surface area contributed by atoms with Crippen LogP contribution in [0, 0.1) is 18.3 Å². The van der Waals surface area contributed by atoms with E-state index >= 15 is 0 Å². The second-order valence-corrected chi connectivity index (χ2v) is 5.91. The van der Waals surface area contributed by atoms with E-state index < -0.39 is 0 Å². The van der Waals surface area contributed by atoms with Crippen LogP contribution >= 0.6 is 0 Å². The summed E-state index contributed by atoms with van der Waals surface area (Å²) >= 11 is 0. The van der Waals surface area contributed by atoms with Gasteiger partial charge >= 0.3 is 0 Å². The zero-order chi connectivity index (χ0) is 17.5. The van der Waals surface area contributed by atoms with Gasteiger partial charge in [-0.2, -0.15) is 5.26 Å². The van der Waals surface area contributed by atoms with E-state index in [1.807, 2.05) is 51.1 Å². The van der Waals surface area contributed by atoms with Gasteiger partial charge in [0.15, 0.2) is 0 Å². The smallest absolute Gasteiger partial charge is 0.261 e. The minimum absolute atomic E-state index is 0.104. The van der Waals surface area contributed by atoms with Gasteiger partial charge in [0.1, 0.15) is 11.6 Å². The summed E-state index contributed by atoms with van der Waals surface area (Å²) in [5.41, 5.74) is 2.90. The number of carbonyl (C=O) groups is 1. The van der Waals surface area contributed by atoms with Crippen LogP contribution in [0.2, 0.25) is 0 Å². The van der Waals surface area contributed by atoms with Gasteiger partial charge in [0, 0.05) is 35.3 Å². The third kappa shape index (κ3) is 4.46. The highest BCUT2D eigenvalue weighted by atomic mass is 16.5. The summed E-state index contributed by atoms with van der Waals surface area (Å²) in [6.45, 7) is 6.95. The Morgan fingerprint density at radius 2 is 2.17 bits per heavy atom. The number of aromatic nitrogens is 1. The van der Waals surface area contributed by atoms with E-state index in [2.05, 4.69) is 10.3 Å². The van der Waals surface area contributed by atoms with Gasteiger partial charge < -0.3 is 15.0 Å². The third-order valence-electron chi connectivity index (χ3n) is 3.66. The molecule has 24 heavy (non-hydrogen) atoms. The van der Waals surface area contributed by atoms with Crippen LogP contribution < -0.4 is 5.32 Å². The van der Waals surface area contributed by atoms with Crippen LogP contribution in [0.1, 0.15) is 31.5 Å². The van der Waals surface area contributed by atoms with Crippen LogP contribution in [0.25, 0.3) is 17.0 Å². The van der Waals surface area contributed by atoms with Crippen LogP contribution in [-0.2, 0) is 9.53 Å². The lowest BCUT2D eigenvalue weighted by molar-refractivity contribution is -0.117. The monoisotopic (exact) mass is 325 g/mol. The summed E-state index contributed by atoms with van der Waals surface area (Å²) < 4.78 is 5.42. The van der Waals surface area contributed by atoms with Crippen molar-refractivity contribution in [3.8, 4) is 6.07 Å². The Bertz CT molecular complexity index is 781. The minimum atomic E-state index is -0.355. The molecule has 1 aromatic heterocycles. The molecule has 1 aromatic carbocycles. The number of amides is 1. The van der Waals surface area contributed by atoms with Crippen LogP contribution in [0.4, 0.5) is 0 Å². The molecule has 0 saturated heterocycles. The number of carbonyl (C=O) groups excluding carboxylic acids is 1. The lowest BCUT2D eigenvalue weighted by Gasteiger charge is -2.08. The van der Waals surface area contributed by atoms with Crippen LogP contribution in [0.3, 0.4) is 0 Å². The van der Waals surface area contributed by atoms with Gasteiger partial charge in [-0.3, -0.25) is 4.79 Å². The molecule has 2 rings (SSSR count). The molecule has 0 aliphatic rings. The van der Waals surface area contributed by atoms with E-state index in [4.69, 9.17) is 4.74 Å². The van der Waals surface area contributed by atoms with Gasteiger partial charge in [0.05, 0.1) is 6.10 Å². The lowest BCUT2D eigenvalue weighted by atomic mass is 10.1. The van der Waals surface area contributed by atoms with E-state index in [-0.39, 0.29) is 17.6 Å². The number of hydrogen-bond acceptors (Lipinski definition) is 3. The number of benzene rings is 1. The highest BCUT2D eigenvalue weighted by Crippen LogP contribution is 2.24. The number of aryl methyl sites for hydroxylation is 1. The zero-order valence-electron chi connectivity index (χ0n) is 14.3. The summed E-state index contributed by atoms with van der Waals surface area (Å²) in [6.07, 6.45) is 2.54. The first-order valence-electron chi connectivity index (χ1n) is 8.12. The fraction of sp³-hybridized carbons (Fsp3) is 0.368. The van der Waals surface area contributed by atoms with Gasteiger partial charge in [-0.1, -0.05) is 18.2 Å².